The molecule has 0 aromatic heterocycles. The number of nitrogen functional groups attached to an aromatic ring is 1. The lowest BCUT2D eigenvalue weighted by atomic mass is 10.0. The minimum Gasteiger partial charge on any atom is -0.496 e. The first-order valence-electron chi connectivity index (χ1n) is 6.40. The highest BCUT2D eigenvalue weighted by atomic mass is 16.5. The number of likely N-dealkylation sites (tertiary alicyclic amines) is 1. The lowest BCUT2D eigenvalue weighted by molar-refractivity contribution is 0.172. The summed E-state index contributed by atoms with van der Waals surface area (Å²) in [6.07, 6.45) is 3.96. The van der Waals surface area contributed by atoms with Crippen LogP contribution in [-0.4, -0.2) is 25.1 Å². The smallest absolute Gasteiger partial charge is 0.123 e. The van der Waals surface area contributed by atoms with E-state index in [1.54, 1.807) is 7.11 Å². The van der Waals surface area contributed by atoms with Gasteiger partial charge < -0.3 is 10.5 Å². The Morgan fingerprint density at radius 2 is 1.94 bits per heavy atom. The third kappa shape index (κ3) is 2.72. The standard InChI is InChI=1S/C14H22N2O/c1-11(16-8-4-3-5-9-16)13-10-12(15)6-7-14(13)17-2/h6-7,10-11H,3-5,8-9,15H2,1-2H3. The van der Waals surface area contributed by atoms with Crippen molar-refractivity contribution in [2.45, 2.75) is 32.2 Å². The zero-order chi connectivity index (χ0) is 12.3. The van der Waals surface area contributed by atoms with Crippen molar-refractivity contribution in [2.24, 2.45) is 0 Å². The third-order valence-corrected chi connectivity index (χ3v) is 3.64. The lowest BCUT2D eigenvalue weighted by Gasteiger charge is -2.33. The highest BCUT2D eigenvalue weighted by Gasteiger charge is 2.20. The first kappa shape index (κ1) is 12.2. The van der Waals surface area contributed by atoms with Gasteiger partial charge in [0, 0.05) is 17.3 Å². The molecule has 2 rings (SSSR count). The molecule has 1 aromatic rings. The molecule has 1 aromatic carbocycles. The van der Waals surface area contributed by atoms with Crippen molar-refractivity contribution in [1.29, 1.82) is 0 Å². The molecule has 0 bridgehead atoms. The highest BCUT2D eigenvalue weighted by molar-refractivity contribution is 5.49. The fraction of sp³-hybridized carbons (Fsp3) is 0.571. The molecule has 1 aliphatic heterocycles. The normalized spacial score (nSPS) is 18.9. The van der Waals surface area contributed by atoms with E-state index < -0.39 is 0 Å². The van der Waals surface area contributed by atoms with Crippen LogP contribution in [0.15, 0.2) is 18.2 Å². The Labute approximate surface area is 104 Å². The largest absolute Gasteiger partial charge is 0.496 e. The molecule has 1 atom stereocenters. The van der Waals surface area contributed by atoms with Crippen LogP contribution in [0.3, 0.4) is 0 Å². The van der Waals surface area contributed by atoms with E-state index in [0.717, 1.165) is 11.4 Å². The molecule has 2 N–H and O–H groups in total. The van der Waals surface area contributed by atoms with Crippen molar-refractivity contribution in [3.8, 4) is 5.75 Å². The van der Waals surface area contributed by atoms with Crippen molar-refractivity contribution in [1.82, 2.24) is 4.90 Å². The van der Waals surface area contributed by atoms with Gasteiger partial charge in [0.05, 0.1) is 7.11 Å². The van der Waals surface area contributed by atoms with E-state index in [1.165, 1.54) is 37.9 Å². The quantitative estimate of drug-likeness (QED) is 0.817. The molecule has 0 radical (unpaired) electrons. The van der Waals surface area contributed by atoms with Gasteiger partial charge in [-0.3, -0.25) is 4.90 Å². The fourth-order valence-corrected chi connectivity index (χ4v) is 2.58. The lowest BCUT2D eigenvalue weighted by Crippen LogP contribution is -2.32. The number of ether oxygens (including phenoxy) is 1. The number of hydrogen-bond donors (Lipinski definition) is 1. The van der Waals surface area contributed by atoms with E-state index in [-0.39, 0.29) is 0 Å². The Kier molecular flexibility index (Phi) is 3.89. The minimum absolute atomic E-state index is 0.383. The van der Waals surface area contributed by atoms with Crippen LogP contribution in [0, 0.1) is 0 Å². The molecular formula is C14H22N2O. The molecule has 1 heterocycles. The molecule has 0 saturated carbocycles. The molecule has 1 fully saturated rings. The van der Waals surface area contributed by atoms with Crippen LogP contribution >= 0.6 is 0 Å². The van der Waals surface area contributed by atoms with Crippen LogP contribution in [-0.2, 0) is 0 Å². The second-order valence-electron chi connectivity index (χ2n) is 4.77. The second-order valence-corrected chi connectivity index (χ2v) is 4.77. The van der Waals surface area contributed by atoms with Crippen molar-refractivity contribution in [3.63, 3.8) is 0 Å². The number of nitrogens with zero attached hydrogens (tertiary/aromatic N) is 1. The molecular weight excluding hydrogens is 212 g/mol. The summed E-state index contributed by atoms with van der Waals surface area (Å²) in [5, 5.41) is 0. The first-order chi connectivity index (χ1) is 8.22. The van der Waals surface area contributed by atoms with Crippen LogP contribution in [0.1, 0.15) is 37.8 Å². The average Bonchev–Trinajstić information content (AvgIpc) is 2.39. The number of piperidine rings is 1. The maximum Gasteiger partial charge on any atom is 0.123 e. The van der Waals surface area contributed by atoms with Gasteiger partial charge in [-0.05, 0) is 51.1 Å². The maximum atomic E-state index is 5.88. The van der Waals surface area contributed by atoms with E-state index in [0.29, 0.717) is 6.04 Å². The molecule has 0 aliphatic carbocycles. The van der Waals surface area contributed by atoms with Gasteiger partial charge in [0.2, 0.25) is 0 Å². The number of rotatable bonds is 3. The Hall–Kier alpha value is -1.22. The van der Waals surface area contributed by atoms with E-state index in [4.69, 9.17) is 10.5 Å². The molecule has 17 heavy (non-hydrogen) atoms. The molecule has 3 heteroatoms. The van der Waals surface area contributed by atoms with Crippen LogP contribution in [0.25, 0.3) is 0 Å². The Morgan fingerprint density at radius 3 is 2.59 bits per heavy atom. The average molecular weight is 234 g/mol. The van der Waals surface area contributed by atoms with E-state index in [9.17, 15) is 0 Å². The monoisotopic (exact) mass is 234 g/mol. The van der Waals surface area contributed by atoms with E-state index in [1.807, 2.05) is 18.2 Å². The molecule has 1 unspecified atom stereocenters. The van der Waals surface area contributed by atoms with Gasteiger partial charge in [0.25, 0.3) is 0 Å². The minimum atomic E-state index is 0.383. The van der Waals surface area contributed by atoms with E-state index in [2.05, 4.69) is 11.8 Å². The summed E-state index contributed by atoms with van der Waals surface area (Å²) in [6, 6.07) is 6.28. The second kappa shape index (κ2) is 5.41. The van der Waals surface area contributed by atoms with Crippen LogP contribution in [0.2, 0.25) is 0 Å². The van der Waals surface area contributed by atoms with Gasteiger partial charge in [-0.25, -0.2) is 0 Å². The summed E-state index contributed by atoms with van der Waals surface area (Å²) in [6.45, 7) is 4.60. The predicted octanol–water partition coefficient (Wildman–Crippen LogP) is 2.82. The van der Waals surface area contributed by atoms with Crippen molar-refractivity contribution in [2.75, 3.05) is 25.9 Å². The zero-order valence-corrected chi connectivity index (χ0v) is 10.8. The van der Waals surface area contributed by atoms with Crippen LogP contribution in [0.4, 0.5) is 5.69 Å². The van der Waals surface area contributed by atoms with Gasteiger partial charge in [0.1, 0.15) is 5.75 Å². The SMILES string of the molecule is COc1ccc(N)cc1C(C)N1CCCCC1. The van der Waals surface area contributed by atoms with Crippen molar-refractivity contribution in [3.05, 3.63) is 23.8 Å². The van der Waals surface area contributed by atoms with Gasteiger partial charge in [-0.15, -0.1) is 0 Å². The Bertz CT molecular complexity index is 372. The molecule has 1 aliphatic rings. The summed E-state index contributed by atoms with van der Waals surface area (Å²) in [5.74, 6) is 0.942. The van der Waals surface area contributed by atoms with Gasteiger partial charge >= 0.3 is 0 Å². The third-order valence-electron chi connectivity index (χ3n) is 3.64. The fourth-order valence-electron chi connectivity index (χ4n) is 2.58. The van der Waals surface area contributed by atoms with Crippen LogP contribution in [0.5, 0.6) is 5.75 Å². The van der Waals surface area contributed by atoms with Gasteiger partial charge in [-0.2, -0.15) is 0 Å². The zero-order valence-electron chi connectivity index (χ0n) is 10.8. The van der Waals surface area contributed by atoms with Gasteiger partial charge in [0.15, 0.2) is 0 Å². The molecule has 0 spiro atoms. The number of benzene rings is 1. The highest BCUT2D eigenvalue weighted by Crippen LogP contribution is 2.32. The molecule has 0 amide bonds. The van der Waals surface area contributed by atoms with Gasteiger partial charge in [-0.1, -0.05) is 6.42 Å². The number of methoxy groups -OCH3 is 1. The number of nitrogens with two attached hydrogens (primary N) is 1. The summed E-state index contributed by atoms with van der Waals surface area (Å²) in [5.41, 5.74) is 7.89. The summed E-state index contributed by atoms with van der Waals surface area (Å²) in [4.78, 5) is 2.51. The predicted molar refractivity (Wildman–Crippen MR) is 71.2 cm³/mol. The van der Waals surface area contributed by atoms with Crippen LogP contribution < -0.4 is 10.5 Å². The Morgan fingerprint density at radius 1 is 1.24 bits per heavy atom. The number of hydrogen-bond acceptors (Lipinski definition) is 3. The first-order valence-corrected chi connectivity index (χ1v) is 6.40. The van der Waals surface area contributed by atoms with Crippen molar-refractivity contribution >= 4 is 5.69 Å². The topological polar surface area (TPSA) is 38.5 Å². The Balaban J connectivity index is 2.21. The molecule has 94 valence electrons. The maximum absolute atomic E-state index is 5.88. The summed E-state index contributed by atoms with van der Waals surface area (Å²) < 4.78 is 5.43. The summed E-state index contributed by atoms with van der Waals surface area (Å²) in [7, 11) is 1.72. The summed E-state index contributed by atoms with van der Waals surface area (Å²) >= 11 is 0. The van der Waals surface area contributed by atoms with Crippen molar-refractivity contribution < 1.29 is 4.74 Å². The number of anilines is 1. The van der Waals surface area contributed by atoms with E-state index >= 15 is 0 Å². The molecule has 3 nitrogen and oxygen atoms in total. The molecule has 1 saturated heterocycles.